The Morgan fingerprint density at radius 3 is 2.50 bits per heavy atom. The van der Waals surface area contributed by atoms with Crippen LogP contribution in [0.2, 0.25) is 5.02 Å². The van der Waals surface area contributed by atoms with Crippen molar-refractivity contribution < 1.29 is 14.6 Å². The molecule has 5 aromatic rings. The number of ether oxygens (including phenoxy) is 1. The number of nitrogen functional groups attached to an aromatic ring is 2. The largest absolute Gasteiger partial charge is 0.495 e. The first kappa shape index (κ1) is 22.1. The van der Waals surface area contributed by atoms with E-state index in [0.29, 0.717) is 22.9 Å². The van der Waals surface area contributed by atoms with Crippen molar-refractivity contribution in [3.05, 3.63) is 76.3 Å². The lowest BCUT2D eigenvalue weighted by Crippen LogP contribution is -2.00. The summed E-state index contributed by atoms with van der Waals surface area (Å²) in [4.78, 5) is 11.5. The Kier molecular flexibility index (Phi) is 5.59. The van der Waals surface area contributed by atoms with Crippen molar-refractivity contribution in [3.63, 3.8) is 0 Å². The standard InChI is InChI=1S/C26H22ClN3O3S/c1-33-24-9-18(27)8-22-17(13-34-26(22)24)12-30-11-16(7-25(31)32)21-3-2-14(6-23(21)30)15-4-19(28)10-20(29)5-15/h2-6,8-11,13H,7,12,28-29H2,1H3,(H,31,32). The molecule has 0 aliphatic heterocycles. The Morgan fingerprint density at radius 1 is 1.03 bits per heavy atom. The zero-order chi connectivity index (χ0) is 24.0. The first-order valence-electron chi connectivity index (χ1n) is 10.6. The number of carboxylic acid groups (broad SMARTS) is 1. The van der Waals surface area contributed by atoms with E-state index in [1.807, 2.05) is 42.6 Å². The molecule has 0 bridgehead atoms. The zero-order valence-corrected chi connectivity index (χ0v) is 19.9. The Hall–Kier alpha value is -3.68. The van der Waals surface area contributed by atoms with Crippen LogP contribution in [0.4, 0.5) is 11.4 Å². The molecule has 5 N–H and O–H groups in total. The molecule has 2 heterocycles. The highest BCUT2D eigenvalue weighted by molar-refractivity contribution is 7.17. The highest BCUT2D eigenvalue weighted by atomic mass is 35.5. The van der Waals surface area contributed by atoms with Crippen molar-refractivity contribution >= 4 is 61.3 Å². The predicted octanol–water partition coefficient (Wildman–Crippen LogP) is 6.02. The van der Waals surface area contributed by atoms with Crippen molar-refractivity contribution in [1.82, 2.24) is 4.57 Å². The van der Waals surface area contributed by atoms with Crippen LogP contribution in [-0.4, -0.2) is 22.8 Å². The van der Waals surface area contributed by atoms with Gasteiger partial charge in [0.15, 0.2) is 0 Å². The first-order valence-corrected chi connectivity index (χ1v) is 11.8. The highest BCUT2D eigenvalue weighted by Gasteiger charge is 2.16. The lowest BCUT2D eigenvalue weighted by molar-refractivity contribution is -0.136. The van der Waals surface area contributed by atoms with Crippen LogP contribution in [0.3, 0.4) is 0 Å². The molecule has 0 fully saturated rings. The zero-order valence-electron chi connectivity index (χ0n) is 18.3. The number of fused-ring (bicyclic) bond motifs is 2. The number of hydrogen-bond donors (Lipinski definition) is 3. The molecule has 0 aliphatic carbocycles. The van der Waals surface area contributed by atoms with E-state index < -0.39 is 5.97 Å². The van der Waals surface area contributed by atoms with E-state index in [1.165, 1.54) is 0 Å². The van der Waals surface area contributed by atoms with E-state index in [2.05, 4.69) is 16.0 Å². The highest BCUT2D eigenvalue weighted by Crippen LogP contribution is 2.38. The fraction of sp³-hybridized carbons (Fsp3) is 0.115. The summed E-state index contributed by atoms with van der Waals surface area (Å²) < 4.78 is 8.62. The second-order valence-corrected chi connectivity index (χ2v) is 9.53. The monoisotopic (exact) mass is 491 g/mol. The van der Waals surface area contributed by atoms with E-state index in [1.54, 1.807) is 24.5 Å². The molecule has 2 aromatic heterocycles. The number of rotatable bonds is 6. The minimum Gasteiger partial charge on any atom is -0.495 e. The molecule has 3 aromatic carbocycles. The van der Waals surface area contributed by atoms with Crippen molar-refractivity contribution in [1.29, 1.82) is 0 Å². The molecular weight excluding hydrogens is 470 g/mol. The molecule has 0 spiro atoms. The summed E-state index contributed by atoms with van der Waals surface area (Å²) in [6, 6.07) is 15.2. The Balaban J connectivity index is 1.66. The summed E-state index contributed by atoms with van der Waals surface area (Å²) in [6.45, 7) is 0.558. The third-order valence-corrected chi connectivity index (χ3v) is 7.14. The molecule has 0 saturated carbocycles. The lowest BCUT2D eigenvalue weighted by Gasteiger charge is -2.09. The molecule has 34 heavy (non-hydrogen) atoms. The molecule has 0 atom stereocenters. The number of aromatic nitrogens is 1. The minimum atomic E-state index is -0.871. The van der Waals surface area contributed by atoms with Gasteiger partial charge in [-0.3, -0.25) is 4.79 Å². The third kappa shape index (κ3) is 4.04. The van der Waals surface area contributed by atoms with E-state index in [-0.39, 0.29) is 6.42 Å². The third-order valence-electron chi connectivity index (χ3n) is 5.86. The second-order valence-electron chi connectivity index (χ2n) is 8.22. The Morgan fingerprint density at radius 2 is 1.79 bits per heavy atom. The molecule has 0 unspecified atom stereocenters. The maximum absolute atomic E-state index is 11.5. The molecule has 172 valence electrons. The SMILES string of the molecule is COc1cc(Cl)cc2c(Cn3cc(CC(=O)O)c4ccc(-c5cc(N)cc(N)c5)cc43)csc12. The summed E-state index contributed by atoms with van der Waals surface area (Å²) in [6.07, 6.45) is 1.86. The van der Waals surface area contributed by atoms with Crippen LogP contribution in [0.15, 0.2) is 60.1 Å². The minimum absolute atomic E-state index is 0.0574. The van der Waals surface area contributed by atoms with Gasteiger partial charge in [0.1, 0.15) is 5.75 Å². The summed E-state index contributed by atoms with van der Waals surface area (Å²) in [5.41, 5.74) is 17.8. The van der Waals surface area contributed by atoms with Crippen LogP contribution < -0.4 is 16.2 Å². The van der Waals surface area contributed by atoms with Gasteiger partial charge in [0.05, 0.1) is 18.2 Å². The number of benzene rings is 3. The number of carboxylic acids is 1. The van der Waals surface area contributed by atoms with Gasteiger partial charge in [0.25, 0.3) is 0 Å². The first-order chi connectivity index (χ1) is 16.3. The molecule has 8 heteroatoms. The average molecular weight is 492 g/mol. The second kappa shape index (κ2) is 8.59. The van der Waals surface area contributed by atoms with E-state index >= 15 is 0 Å². The summed E-state index contributed by atoms with van der Waals surface area (Å²) in [5.74, 6) is -0.131. The van der Waals surface area contributed by atoms with Crippen molar-refractivity contribution in [2.45, 2.75) is 13.0 Å². The van der Waals surface area contributed by atoms with Gasteiger partial charge in [0.2, 0.25) is 0 Å². The van der Waals surface area contributed by atoms with Gasteiger partial charge in [-0.25, -0.2) is 0 Å². The van der Waals surface area contributed by atoms with Crippen molar-refractivity contribution in [2.24, 2.45) is 0 Å². The number of aliphatic carboxylic acids is 1. The quantitative estimate of drug-likeness (QED) is 0.252. The summed E-state index contributed by atoms with van der Waals surface area (Å²) in [5, 5.41) is 14.1. The van der Waals surface area contributed by atoms with Gasteiger partial charge < -0.3 is 25.9 Å². The Bertz CT molecular complexity index is 1550. The molecule has 6 nitrogen and oxygen atoms in total. The summed E-state index contributed by atoms with van der Waals surface area (Å²) >= 11 is 7.94. The molecule has 0 amide bonds. The van der Waals surface area contributed by atoms with Crippen LogP contribution >= 0.6 is 22.9 Å². The molecule has 0 aliphatic rings. The number of thiophene rings is 1. The van der Waals surface area contributed by atoms with Gasteiger partial charge in [-0.2, -0.15) is 0 Å². The number of nitrogens with two attached hydrogens (primary N) is 2. The molecule has 0 radical (unpaired) electrons. The van der Waals surface area contributed by atoms with E-state index in [9.17, 15) is 9.90 Å². The number of hydrogen-bond acceptors (Lipinski definition) is 5. The van der Waals surface area contributed by atoms with Gasteiger partial charge in [-0.15, -0.1) is 11.3 Å². The predicted molar refractivity (Wildman–Crippen MR) is 140 cm³/mol. The number of anilines is 2. The van der Waals surface area contributed by atoms with E-state index in [4.69, 9.17) is 27.8 Å². The maximum Gasteiger partial charge on any atom is 0.307 e. The summed E-state index contributed by atoms with van der Waals surface area (Å²) in [7, 11) is 1.63. The van der Waals surface area contributed by atoms with E-state index in [0.717, 1.165) is 49.0 Å². The number of halogens is 1. The normalized spacial score (nSPS) is 11.4. The molecule has 5 rings (SSSR count). The smallest absolute Gasteiger partial charge is 0.307 e. The Labute approximate surface area is 204 Å². The fourth-order valence-corrected chi connectivity index (χ4v) is 5.65. The lowest BCUT2D eigenvalue weighted by atomic mass is 10.0. The average Bonchev–Trinajstić information content (AvgIpc) is 3.33. The number of carbonyl (C=O) groups is 1. The van der Waals surface area contributed by atoms with Crippen LogP contribution in [0, 0.1) is 0 Å². The maximum atomic E-state index is 11.5. The van der Waals surface area contributed by atoms with Crippen molar-refractivity contribution in [2.75, 3.05) is 18.6 Å². The topological polar surface area (TPSA) is 104 Å². The van der Waals surface area contributed by atoms with Gasteiger partial charge in [-0.1, -0.05) is 23.7 Å². The fourth-order valence-electron chi connectivity index (χ4n) is 4.41. The number of nitrogens with zero attached hydrogens (tertiary/aromatic N) is 1. The van der Waals surface area contributed by atoms with Gasteiger partial charge in [-0.05, 0) is 58.0 Å². The van der Waals surface area contributed by atoms with Gasteiger partial charge in [0, 0.05) is 51.5 Å². The van der Waals surface area contributed by atoms with Crippen LogP contribution in [0.1, 0.15) is 11.1 Å². The van der Waals surface area contributed by atoms with Crippen molar-refractivity contribution in [3.8, 4) is 16.9 Å². The van der Waals surface area contributed by atoms with Gasteiger partial charge >= 0.3 is 5.97 Å². The molecule has 0 saturated heterocycles. The number of methoxy groups -OCH3 is 1. The van der Waals surface area contributed by atoms with Crippen LogP contribution in [0.5, 0.6) is 5.75 Å². The van der Waals surface area contributed by atoms with Crippen LogP contribution in [0.25, 0.3) is 32.1 Å². The van der Waals surface area contributed by atoms with Crippen LogP contribution in [-0.2, 0) is 17.8 Å². The molecular formula is C26H22ClN3O3S.